The Hall–Kier alpha value is -3.38. The summed E-state index contributed by atoms with van der Waals surface area (Å²) in [7, 11) is 0. The SMILES string of the molecule is C/C=C\c1ccc(-c2ccc(C)c(-c3ccccc3C)c2)cc1-c1ccccc1C. The zero-order valence-corrected chi connectivity index (χ0v) is 18.2. The maximum atomic E-state index is 2.34. The third kappa shape index (κ3) is 3.86. The van der Waals surface area contributed by atoms with Gasteiger partial charge in [-0.25, -0.2) is 0 Å². The summed E-state index contributed by atoms with van der Waals surface area (Å²) in [6.45, 7) is 8.64. The molecular formula is C30H28. The van der Waals surface area contributed by atoms with Crippen LogP contribution in [0.4, 0.5) is 0 Å². The van der Waals surface area contributed by atoms with E-state index in [2.05, 4.69) is 125 Å². The van der Waals surface area contributed by atoms with Crippen molar-refractivity contribution in [1.29, 1.82) is 0 Å². The lowest BCUT2D eigenvalue weighted by Gasteiger charge is -2.15. The highest BCUT2D eigenvalue weighted by Crippen LogP contribution is 2.35. The van der Waals surface area contributed by atoms with Gasteiger partial charge in [-0.1, -0.05) is 84.9 Å². The Morgan fingerprint density at radius 3 is 1.60 bits per heavy atom. The average Bonchev–Trinajstić information content (AvgIpc) is 2.76. The van der Waals surface area contributed by atoms with Gasteiger partial charge in [0, 0.05) is 0 Å². The first-order chi connectivity index (χ1) is 14.6. The standard InChI is InChI=1S/C30H28/c1-5-10-24-17-18-26(20-30(24)28-14-9-7-12-22(28)3)25-16-15-23(4)29(19-25)27-13-8-6-11-21(27)2/h5-20H,1-4H3/b10-5-. The van der Waals surface area contributed by atoms with E-state index in [9.17, 15) is 0 Å². The van der Waals surface area contributed by atoms with Gasteiger partial charge in [0.05, 0.1) is 0 Å². The van der Waals surface area contributed by atoms with E-state index in [4.69, 9.17) is 0 Å². The Kier molecular flexibility index (Phi) is 5.68. The molecule has 0 aromatic heterocycles. The molecule has 0 heterocycles. The summed E-state index contributed by atoms with van der Waals surface area (Å²) < 4.78 is 0. The van der Waals surface area contributed by atoms with Gasteiger partial charge in [0.2, 0.25) is 0 Å². The van der Waals surface area contributed by atoms with E-state index in [0.717, 1.165) is 0 Å². The van der Waals surface area contributed by atoms with Crippen molar-refractivity contribution in [3.8, 4) is 33.4 Å². The quantitative estimate of drug-likeness (QED) is 0.328. The van der Waals surface area contributed by atoms with E-state index in [1.165, 1.54) is 55.6 Å². The van der Waals surface area contributed by atoms with Crippen molar-refractivity contribution >= 4 is 6.08 Å². The molecule has 0 fully saturated rings. The van der Waals surface area contributed by atoms with Crippen molar-refractivity contribution in [3.63, 3.8) is 0 Å². The van der Waals surface area contributed by atoms with Crippen LogP contribution in [0.3, 0.4) is 0 Å². The first-order valence-corrected chi connectivity index (χ1v) is 10.6. The van der Waals surface area contributed by atoms with Gasteiger partial charge in [-0.05, 0) is 95.5 Å². The molecule has 0 spiro atoms. The molecule has 0 nitrogen and oxygen atoms in total. The van der Waals surface area contributed by atoms with E-state index in [1.54, 1.807) is 0 Å². The van der Waals surface area contributed by atoms with Crippen LogP contribution in [0.15, 0.2) is 91.0 Å². The molecule has 0 aliphatic heterocycles. The van der Waals surface area contributed by atoms with Crippen LogP contribution in [0.25, 0.3) is 39.5 Å². The Bertz CT molecular complexity index is 1220. The highest BCUT2D eigenvalue weighted by molar-refractivity contribution is 5.84. The fraction of sp³-hybridized carbons (Fsp3) is 0.133. The second kappa shape index (κ2) is 8.55. The first-order valence-electron chi connectivity index (χ1n) is 10.6. The van der Waals surface area contributed by atoms with Crippen LogP contribution in [0.2, 0.25) is 0 Å². The van der Waals surface area contributed by atoms with Crippen molar-refractivity contribution in [2.75, 3.05) is 0 Å². The number of rotatable bonds is 4. The van der Waals surface area contributed by atoms with Crippen molar-refractivity contribution in [2.45, 2.75) is 27.7 Å². The van der Waals surface area contributed by atoms with Gasteiger partial charge in [0.1, 0.15) is 0 Å². The molecule has 0 aliphatic carbocycles. The van der Waals surface area contributed by atoms with Crippen molar-refractivity contribution in [3.05, 3.63) is 113 Å². The first kappa shape index (κ1) is 19.9. The predicted molar refractivity (Wildman–Crippen MR) is 132 cm³/mol. The summed E-state index contributed by atoms with van der Waals surface area (Å²) in [6, 6.07) is 30.9. The minimum Gasteiger partial charge on any atom is -0.0870 e. The number of benzene rings is 4. The smallest absolute Gasteiger partial charge is 0.0103 e. The van der Waals surface area contributed by atoms with Gasteiger partial charge in [-0.2, -0.15) is 0 Å². The molecule has 0 bridgehead atoms. The Labute approximate surface area is 180 Å². The highest BCUT2D eigenvalue weighted by atomic mass is 14.1. The molecule has 30 heavy (non-hydrogen) atoms. The third-order valence-electron chi connectivity index (χ3n) is 5.84. The lowest BCUT2D eigenvalue weighted by Crippen LogP contribution is -1.91. The molecule has 4 rings (SSSR count). The predicted octanol–water partition coefficient (Wildman–Crippen LogP) is 8.65. The maximum Gasteiger partial charge on any atom is -0.0103 e. The van der Waals surface area contributed by atoms with Crippen molar-refractivity contribution in [1.82, 2.24) is 0 Å². The molecule has 4 aromatic carbocycles. The van der Waals surface area contributed by atoms with Gasteiger partial charge < -0.3 is 0 Å². The molecule has 148 valence electrons. The number of aryl methyl sites for hydroxylation is 3. The number of hydrogen-bond acceptors (Lipinski definition) is 0. The van der Waals surface area contributed by atoms with E-state index >= 15 is 0 Å². The minimum absolute atomic E-state index is 1.25. The van der Waals surface area contributed by atoms with Crippen LogP contribution in [-0.2, 0) is 0 Å². The molecule has 0 atom stereocenters. The molecule has 0 saturated heterocycles. The average molecular weight is 389 g/mol. The molecule has 0 heteroatoms. The lowest BCUT2D eigenvalue weighted by atomic mass is 9.89. The topological polar surface area (TPSA) is 0 Å². The van der Waals surface area contributed by atoms with Gasteiger partial charge in [-0.3, -0.25) is 0 Å². The van der Waals surface area contributed by atoms with Crippen LogP contribution in [0, 0.1) is 20.8 Å². The third-order valence-corrected chi connectivity index (χ3v) is 5.84. The monoisotopic (exact) mass is 388 g/mol. The van der Waals surface area contributed by atoms with Crippen LogP contribution in [0.1, 0.15) is 29.2 Å². The zero-order chi connectivity index (χ0) is 21.1. The van der Waals surface area contributed by atoms with Crippen molar-refractivity contribution in [2.24, 2.45) is 0 Å². The van der Waals surface area contributed by atoms with Gasteiger partial charge in [-0.15, -0.1) is 0 Å². The van der Waals surface area contributed by atoms with Crippen LogP contribution in [-0.4, -0.2) is 0 Å². The van der Waals surface area contributed by atoms with Crippen LogP contribution >= 0.6 is 0 Å². The molecule has 0 N–H and O–H groups in total. The normalized spacial score (nSPS) is 11.2. The molecular weight excluding hydrogens is 360 g/mol. The second-order valence-corrected chi connectivity index (χ2v) is 7.96. The lowest BCUT2D eigenvalue weighted by molar-refractivity contribution is 1.40. The summed E-state index contributed by atoms with van der Waals surface area (Å²) in [6.07, 6.45) is 4.30. The van der Waals surface area contributed by atoms with Crippen molar-refractivity contribution < 1.29 is 0 Å². The summed E-state index contributed by atoms with van der Waals surface area (Å²) >= 11 is 0. The van der Waals surface area contributed by atoms with E-state index in [1.807, 2.05) is 0 Å². The summed E-state index contributed by atoms with van der Waals surface area (Å²) in [4.78, 5) is 0. The largest absolute Gasteiger partial charge is 0.0870 e. The van der Waals surface area contributed by atoms with Crippen LogP contribution < -0.4 is 0 Å². The van der Waals surface area contributed by atoms with Gasteiger partial charge in [0.25, 0.3) is 0 Å². The Morgan fingerprint density at radius 2 is 1.00 bits per heavy atom. The Balaban J connectivity index is 1.88. The fourth-order valence-electron chi connectivity index (χ4n) is 4.14. The Morgan fingerprint density at radius 1 is 0.500 bits per heavy atom. The molecule has 0 aliphatic rings. The van der Waals surface area contributed by atoms with Crippen LogP contribution in [0.5, 0.6) is 0 Å². The zero-order valence-electron chi connectivity index (χ0n) is 18.2. The highest BCUT2D eigenvalue weighted by Gasteiger charge is 2.11. The number of hydrogen-bond donors (Lipinski definition) is 0. The second-order valence-electron chi connectivity index (χ2n) is 7.96. The van der Waals surface area contributed by atoms with Gasteiger partial charge in [0.15, 0.2) is 0 Å². The molecule has 0 unspecified atom stereocenters. The minimum atomic E-state index is 1.25. The van der Waals surface area contributed by atoms with E-state index in [-0.39, 0.29) is 0 Å². The molecule has 0 radical (unpaired) electrons. The van der Waals surface area contributed by atoms with E-state index in [0.29, 0.717) is 0 Å². The number of allylic oxidation sites excluding steroid dienone is 1. The molecule has 0 saturated carbocycles. The maximum absolute atomic E-state index is 2.34. The molecule has 4 aromatic rings. The summed E-state index contributed by atoms with van der Waals surface area (Å²) in [5, 5.41) is 0. The van der Waals surface area contributed by atoms with Gasteiger partial charge >= 0.3 is 0 Å². The van der Waals surface area contributed by atoms with E-state index < -0.39 is 0 Å². The summed E-state index contributed by atoms with van der Waals surface area (Å²) in [5.74, 6) is 0. The summed E-state index contributed by atoms with van der Waals surface area (Å²) in [5.41, 5.74) is 12.8. The molecule has 0 amide bonds. The fourth-order valence-corrected chi connectivity index (χ4v) is 4.14.